The summed E-state index contributed by atoms with van der Waals surface area (Å²) >= 11 is 9.29. The molecule has 0 bridgehead atoms. The number of halogens is 2. The first-order chi connectivity index (χ1) is 11.3. The van der Waals surface area contributed by atoms with Crippen molar-refractivity contribution in [2.45, 2.75) is 30.7 Å². The van der Waals surface area contributed by atoms with Crippen LogP contribution in [0.2, 0.25) is 5.02 Å². The van der Waals surface area contributed by atoms with Crippen LogP contribution < -0.4 is 4.74 Å². The van der Waals surface area contributed by atoms with Crippen molar-refractivity contribution >= 4 is 44.4 Å². The zero-order valence-corrected chi connectivity index (χ0v) is 14.2. The summed E-state index contributed by atoms with van der Waals surface area (Å²) in [6.07, 6.45) is -6.84. The summed E-state index contributed by atoms with van der Waals surface area (Å²) in [6, 6.07) is 3.34. The summed E-state index contributed by atoms with van der Waals surface area (Å²) in [5.74, 6) is -1.21. The highest BCUT2D eigenvalue weighted by molar-refractivity contribution is 9.10. The number of rotatable bonds is 3. The first kappa shape index (κ1) is 17.5. The monoisotopic (exact) mass is 421 g/mol. The summed E-state index contributed by atoms with van der Waals surface area (Å²) in [4.78, 5) is 14.0. The maximum absolute atomic E-state index is 11.1. The average Bonchev–Trinajstić information content (AvgIpc) is 2.90. The quantitative estimate of drug-likeness (QED) is 0.495. The zero-order valence-electron chi connectivity index (χ0n) is 11.9. The number of hydrogen-bond donors (Lipinski definition) is 5. The highest BCUT2D eigenvalue weighted by Gasteiger charge is 2.48. The third-order valence-corrected chi connectivity index (χ3v) is 4.94. The van der Waals surface area contributed by atoms with Gasteiger partial charge < -0.3 is 34.9 Å². The van der Waals surface area contributed by atoms with Crippen LogP contribution in [0.4, 0.5) is 0 Å². The van der Waals surface area contributed by atoms with Crippen LogP contribution >= 0.6 is 27.5 Å². The van der Waals surface area contributed by atoms with E-state index in [0.717, 1.165) is 0 Å². The Morgan fingerprint density at radius 2 is 1.96 bits per heavy atom. The zero-order chi connectivity index (χ0) is 17.6. The van der Waals surface area contributed by atoms with Gasteiger partial charge in [-0.15, -0.1) is 0 Å². The Morgan fingerprint density at radius 3 is 2.62 bits per heavy atom. The number of aliphatic hydroxyl groups excluding tert-OH is 3. The molecule has 0 radical (unpaired) electrons. The van der Waals surface area contributed by atoms with Gasteiger partial charge in [0.1, 0.15) is 24.1 Å². The fraction of sp³-hybridized carbons (Fsp3) is 0.357. The van der Waals surface area contributed by atoms with Gasteiger partial charge in [0.05, 0.1) is 10.5 Å². The van der Waals surface area contributed by atoms with Crippen LogP contribution in [0.15, 0.2) is 22.8 Å². The third-order valence-electron chi connectivity index (χ3n) is 3.74. The van der Waals surface area contributed by atoms with Crippen molar-refractivity contribution in [1.29, 1.82) is 0 Å². The molecule has 1 aromatic carbocycles. The number of aliphatic carboxylic acids is 1. The Labute approximate surface area is 148 Å². The second-order valence-corrected chi connectivity index (χ2v) is 6.58. The van der Waals surface area contributed by atoms with Crippen LogP contribution in [0.1, 0.15) is 0 Å². The van der Waals surface area contributed by atoms with Gasteiger partial charge in [0, 0.05) is 16.1 Å². The number of benzene rings is 1. The predicted octanol–water partition coefficient (Wildman–Crippen LogP) is 0.855. The fourth-order valence-electron chi connectivity index (χ4n) is 2.46. The average molecular weight is 423 g/mol. The summed E-state index contributed by atoms with van der Waals surface area (Å²) in [7, 11) is 0. The second kappa shape index (κ2) is 6.51. The number of aromatic nitrogens is 1. The van der Waals surface area contributed by atoms with Crippen molar-refractivity contribution in [2.24, 2.45) is 0 Å². The molecule has 1 saturated heterocycles. The van der Waals surface area contributed by atoms with Crippen LogP contribution in [-0.2, 0) is 9.53 Å². The number of aromatic amines is 1. The fourth-order valence-corrected chi connectivity index (χ4v) is 2.97. The molecule has 24 heavy (non-hydrogen) atoms. The molecule has 2 heterocycles. The SMILES string of the molecule is O=C(O)[C@H]1O[C@@H](Oc2c[nH]c3cc(Cl)c(Br)cc23)[C@H](O)[C@H](O)[C@@H]1O. The minimum absolute atomic E-state index is 0.263. The Hall–Kier alpha value is -1.36. The van der Waals surface area contributed by atoms with E-state index in [-0.39, 0.29) is 5.75 Å². The van der Waals surface area contributed by atoms with Crippen molar-refractivity contribution in [3.8, 4) is 5.75 Å². The lowest BCUT2D eigenvalue weighted by Crippen LogP contribution is -2.61. The Balaban J connectivity index is 1.90. The molecule has 2 aromatic rings. The number of carbonyl (C=O) groups is 1. The lowest BCUT2D eigenvalue weighted by atomic mass is 9.99. The molecule has 1 aliphatic rings. The molecule has 5 N–H and O–H groups in total. The molecule has 0 unspecified atom stereocenters. The summed E-state index contributed by atoms with van der Waals surface area (Å²) < 4.78 is 11.2. The van der Waals surface area contributed by atoms with Gasteiger partial charge >= 0.3 is 5.97 Å². The Kier molecular flexibility index (Phi) is 4.73. The topological polar surface area (TPSA) is 132 Å². The summed E-state index contributed by atoms with van der Waals surface area (Å²) in [5, 5.41) is 39.6. The van der Waals surface area contributed by atoms with E-state index in [9.17, 15) is 20.1 Å². The molecule has 1 aromatic heterocycles. The number of aliphatic hydroxyl groups is 3. The normalized spacial score (nSPS) is 30.5. The smallest absolute Gasteiger partial charge is 0.335 e. The standard InChI is InChI=1S/C14H13BrClNO7/c15-5-1-4-7(2-6(5)16)17-3-8(4)23-14-11(20)9(18)10(19)12(24-14)13(21)22/h1-3,9-12,14,17-20H,(H,21,22)/t9-,10+,11-,12+,14-/m1/s1. The molecule has 1 aliphatic heterocycles. The van der Waals surface area contributed by atoms with E-state index in [1.54, 1.807) is 12.1 Å². The van der Waals surface area contributed by atoms with Crippen LogP contribution in [-0.4, -0.2) is 62.1 Å². The molecular formula is C14H13BrClNO7. The van der Waals surface area contributed by atoms with Crippen LogP contribution in [0, 0.1) is 0 Å². The van der Waals surface area contributed by atoms with Gasteiger partial charge in [-0.1, -0.05) is 11.6 Å². The van der Waals surface area contributed by atoms with Gasteiger partial charge in [-0.3, -0.25) is 0 Å². The van der Waals surface area contributed by atoms with E-state index in [2.05, 4.69) is 20.9 Å². The number of hydrogen-bond acceptors (Lipinski definition) is 6. The predicted molar refractivity (Wildman–Crippen MR) is 86.0 cm³/mol. The van der Waals surface area contributed by atoms with Crippen LogP contribution in [0.3, 0.4) is 0 Å². The highest BCUT2D eigenvalue weighted by Crippen LogP contribution is 2.34. The molecule has 10 heteroatoms. The second-order valence-electron chi connectivity index (χ2n) is 5.32. The molecule has 130 valence electrons. The van der Waals surface area contributed by atoms with E-state index in [4.69, 9.17) is 26.2 Å². The van der Waals surface area contributed by atoms with Gasteiger partial charge in [-0.2, -0.15) is 0 Å². The van der Waals surface area contributed by atoms with E-state index >= 15 is 0 Å². The molecule has 0 amide bonds. The van der Waals surface area contributed by atoms with Gasteiger partial charge in [0.25, 0.3) is 0 Å². The molecule has 3 rings (SSSR count). The third kappa shape index (κ3) is 2.99. The maximum atomic E-state index is 11.1. The number of carboxylic acids is 1. The molecule has 5 atom stereocenters. The van der Waals surface area contributed by atoms with Gasteiger partial charge in [-0.05, 0) is 28.1 Å². The first-order valence-corrected chi connectivity index (χ1v) is 8.02. The van der Waals surface area contributed by atoms with Crippen LogP contribution in [0.5, 0.6) is 5.75 Å². The Bertz CT molecular complexity index is 782. The van der Waals surface area contributed by atoms with E-state index in [0.29, 0.717) is 20.4 Å². The van der Waals surface area contributed by atoms with E-state index in [1.807, 2.05) is 0 Å². The highest BCUT2D eigenvalue weighted by atomic mass is 79.9. The first-order valence-electron chi connectivity index (χ1n) is 6.85. The largest absolute Gasteiger partial charge is 0.479 e. The molecule has 0 aliphatic carbocycles. The van der Waals surface area contributed by atoms with Gasteiger partial charge in [0.2, 0.25) is 6.29 Å². The Morgan fingerprint density at radius 1 is 1.25 bits per heavy atom. The van der Waals surface area contributed by atoms with E-state index < -0.39 is 36.7 Å². The summed E-state index contributed by atoms with van der Waals surface area (Å²) in [6.45, 7) is 0. The van der Waals surface area contributed by atoms with Crippen molar-refractivity contribution in [3.63, 3.8) is 0 Å². The summed E-state index contributed by atoms with van der Waals surface area (Å²) in [5.41, 5.74) is 0.652. The lowest BCUT2D eigenvalue weighted by Gasteiger charge is -2.38. The molecule has 1 fully saturated rings. The van der Waals surface area contributed by atoms with E-state index in [1.165, 1.54) is 6.20 Å². The van der Waals surface area contributed by atoms with Gasteiger partial charge in [0.15, 0.2) is 6.10 Å². The van der Waals surface area contributed by atoms with Crippen molar-refractivity contribution in [1.82, 2.24) is 4.98 Å². The number of ether oxygens (including phenoxy) is 2. The van der Waals surface area contributed by atoms with Crippen LogP contribution in [0.25, 0.3) is 10.9 Å². The lowest BCUT2D eigenvalue weighted by molar-refractivity contribution is -0.270. The number of fused-ring (bicyclic) bond motifs is 1. The molecule has 0 spiro atoms. The molecule has 0 saturated carbocycles. The number of H-pyrrole nitrogens is 1. The number of nitrogens with one attached hydrogen (secondary N) is 1. The maximum Gasteiger partial charge on any atom is 0.335 e. The molecule has 8 nitrogen and oxygen atoms in total. The minimum Gasteiger partial charge on any atom is -0.479 e. The van der Waals surface area contributed by atoms with Crippen molar-refractivity contribution in [3.05, 3.63) is 27.8 Å². The van der Waals surface area contributed by atoms with Crippen molar-refractivity contribution in [2.75, 3.05) is 0 Å². The molecular weight excluding hydrogens is 410 g/mol. The number of carboxylic acid groups (broad SMARTS) is 1. The van der Waals surface area contributed by atoms with Gasteiger partial charge in [-0.25, -0.2) is 4.79 Å². The minimum atomic E-state index is -1.77. The van der Waals surface area contributed by atoms with Crippen molar-refractivity contribution < 1.29 is 34.7 Å².